The van der Waals surface area contributed by atoms with Crippen LogP contribution in [0.3, 0.4) is 0 Å². The molecule has 1 atom stereocenters. The average Bonchev–Trinajstić information content (AvgIpc) is 3.25. The summed E-state index contributed by atoms with van der Waals surface area (Å²) in [6.07, 6.45) is 7.07. The van der Waals surface area contributed by atoms with E-state index in [0.717, 1.165) is 12.8 Å². The second kappa shape index (κ2) is 7.12. The van der Waals surface area contributed by atoms with E-state index in [0.29, 0.717) is 31.9 Å². The maximum Gasteiger partial charge on any atom is 0.272 e. The van der Waals surface area contributed by atoms with Gasteiger partial charge in [-0.3, -0.25) is 9.59 Å². The lowest BCUT2D eigenvalue weighted by atomic mass is 10.2. The summed E-state index contributed by atoms with van der Waals surface area (Å²) in [6.45, 7) is 3.84. The fourth-order valence-corrected chi connectivity index (χ4v) is 3.27. The quantitative estimate of drug-likeness (QED) is 0.890. The summed E-state index contributed by atoms with van der Waals surface area (Å²) >= 11 is 0. The number of carbonyl (C=O) groups is 2. The number of aryl methyl sites for hydroxylation is 1. The molecule has 2 fully saturated rings. The number of morpholine rings is 1. The van der Waals surface area contributed by atoms with Gasteiger partial charge in [0, 0.05) is 19.1 Å². The minimum Gasteiger partial charge on any atom is -0.365 e. The lowest BCUT2D eigenvalue weighted by molar-refractivity contribution is -0.137. The number of carbonyl (C=O) groups excluding carboxylic acids is 2. The van der Waals surface area contributed by atoms with Crippen molar-refractivity contribution in [2.24, 2.45) is 0 Å². The molecule has 1 aliphatic carbocycles. The van der Waals surface area contributed by atoms with Crippen LogP contribution in [-0.2, 0) is 16.1 Å². The predicted octanol–water partition coefficient (Wildman–Crippen LogP) is 0.803. The first-order chi connectivity index (χ1) is 11.2. The van der Waals surface area contributed by atoms with E-state index in [1.807, 2.05) is 11.5 Å². The summed E-state index contributed by atoms with van der Waals surface area (Å²) in [6, 6.07) is 0.263. The van der Waals surface area contributed by atoms with Crippen molar-refractivity contribution in [3.05, 3.63) is 18.2 Å². The molecule has 1 aromatic heterocycles. The number of amides is 2. The summed E-state index contributed by atoms with van der Waals surface area (Å²) < 4.78 is 7.39. The van der Waals surface area contributed by atoms with Gasteiger partial charge in [-0.2, -0.15) is 0 Å². The van der Waals surface area contributed by atoms with Crippen LogP contribution in [0.15, 0.2) is 12.5 Å². The van der Waals surface area contributed by atoms with Crippen LogP contribution < -0.4 is 5.32 Å². The summed E-state index contributed by atoms with van der Waals surface area (Å²) in [5.74, 6) is -0.190. The minimum atomic E-state index is -0.578. The Morgan fingerprint density at radius 2 is 2.17 bits per heavy atom. The van der Waals surface area contributed by atoms with Gasteiger partial charge < -0.3 is 19.5 Å². The summed E-state index contributed by atoms with van der Waals surface area (Å²) in [4.78, 5) is 30.7. The van der Waals surface area contributed by atoms with Gasteiger partial charge in [0.05, 0.1) is 25.7 Å². The van der Waals surface area contributed by atoms with E-state index in [2.05, 4.69) is 10.3 Å². The monoisotopic (exact) mass is 320 g/mol. The third kappa shape index (κ3) is 3.55. The maximum atomic E-state index is 12.6. The first-order valence-corrected chi connectivity index (χ1v) is 8.40. The van der Waals surface area contributed by atoms with Crippen LogP contribution in [-0.4, -0.2) is 58.1 Å². The summed E-state index contributed by atoms with van der Waals surface area (Å²) in [5.41, 5.74) is 0.560. The van der Waals surface area contributed by atoms with E-state index in [1.54, 1.807) is 17.4 Å². The first kappa shape index (κ1) is 16.0. The average molecular weight is 320 g/mol. The Morgan fingerprint density at radius 1 is 1.39 bits per heavy atom. The van der Waals surface area contributed by atoms with Crippen molar-refractivity contribution in [1.29, 1.82) is 0 Å². The van der Waals surface area contributed by atoms with Gasteiger partial charge in [-0.05, 0) is 19.8 Å². The van der Waals surface area contributed by atoms with Crippen LogP contribution in [0, 0.1) is 0 Å². The molecule has 1 N–H and O–H groups in total. The fourth-order valence-electron chi connectivity index (χ4n) is 3.27. The van der Waals surface area contributed by atoms with Crippen LogP contribution in [0.25, 0.3) is 0 Å². The number of aromatic nitrogens is 2. The molecule has 1 saturated heterocycles. The second-order valence-corrected chi connectivity index (χ2v) is 6.17. The van der Waals surface area contributed by atoms with E-state index in [1.165, 1.54) is 12.8 Å². The van der Waals surface area contributed by atoms with Gasteiger partial charge in [0.15, 0.2) is 6.10 Å². The molecule has 0 spiro atoms. The number of nitrogens with one attached hydrogen (secondary N) is 1. The number of ether oxygens (including phenoxy) is 1. The molecule has 2 heterocycles. The molecular formula is C16H24N4O3. The van der Waals surface area contributed by atoms with Gasteiger partial charge in [0.1, 0.15) is 5.69 Å². The van der Waals surface area contributed by atoms with Crippen LogP contribution >= 0.6 is 0 Å². The Bertz CT molecular complexity index is 565. The number of hydrogen-bond acceptors (Lipinski definition) is 4. The maximum absolute atomic E-state index is 12.6. The van der Waals surface area contributed by atoms with E-state index >= 15 is 0 Å². The standard InChI is InChI=1S/C16H24N4O3/c1-2-19-11-17-9-13(19)16(22)20-7-8-23-14(10-20)15(21)18-12-5-3-4-6-12/h9,11-12,14H,2-8,10H2,1H3,(H,18,21). The van der Waals surface area contributed by atoms with Crippen molar-refractivity contribution in [3.63, 3.8) is 0 Å². The van der Waals surface area contributed by atoms with Crippen LogP contribution in [0.1, 0.15) is 43.1 Å². The Morgan fingerprint density at radius 3 is 2.91 bits per heavy atom. The van der Waals surface area contributed by atoms with E-state index in [9.17, 15) is 9.59 Å². The first-order valence-electron chi connectivity index (χ1n) is 8.40. The van der Waals surface area contributed by atoms with Crippen molar-refractivity contribution in [2.75, 3.05) is 19.7 Å². The Labute approximate surface area is 136 Å². The largest absolute Gasteiger partial charge is 0.365 e. The van der Waals surface area contributed by atoms with Gasteiger partial charge in [0.25, 0.3) is 11.8 Å². The fraction of sp³-hybridized carbons (Fsp3) is 0.688. The molecule has 0 radical (unpaired) electrons. The van der Waals surface area contributed by atoms with Crippen molar-refractivity contribution in [3.8, 4) is 0 Å². The topological polar surface area (TPSA) is 76.5 Å². The molecule has 7 heteroatoms. The molecule has 1 saturated carbocycles. The molecule has 2 amide bonds. The third-order valence-electron chi connectivity index (χ3n) is 4.62. The van der Waals surface area contributed by atoms with E-state index in [4.69, 9.17) is 4.74 Å². The van der Waals surface area contributed by atoms with Gasteiger partial charge >= 0.3 is 0 Å². The molecule has 1 aromatic rings. The lowest BCUT2D eigenvalue weighted by Crippen LogP contribution is -2.53. The lowest BCUT2D eigenvalue weighted by Gasteiger charge is -2.32. The van der Waals surface area contributed by atoms with Gasteiger partial charge in [-0.1, -0.05) is 12.8 Å². The molecule has 0 aromatic carbocycles. The molecule has 1 aliphatic heterocycles. The van der Waals surface area contributed by atoms with E-state index in [-0.39, 0.29) is 17.9 Å². The normalized spacial score (nSPS) is 22.3. The molecule has 3 rings (SSSR count). The second-order valence-electron chi connectivity index (χ2n) is 6.17. The Kier molecular flexibility index (Phi) is 4.95. The number of hydrogen-bond donors (Lipinski definition) is 1. The summed E-state index contributed by atoms with van der Waals surface area (Å²) in [5, 5.41) is 3.05. The highest BCUT2D eigenvalue weighted by Crippen LogP contribution is 2.18. The molecular weight excluding hydrogens is 296 g/mol. The summed E-state index contributed by atoms with van der Waals surface area (Å²) in [7, 11) is 0. The number of imidazole rings is 1. The Hall–Kier alpha value is -1.89. The number of nitrogens with zero attached hydrogens (tertiary/aromatic N) is 3. The molecule has 0 bridgehead atoms. The third-order valence-corrected chi connectivity index (χ3v) is 4.62. The smallest absolute Gasteiger partial charge is 0.272 e. The van der Waals surface area contributed by atoms with Gasteiger partial charge in [0.2, 0.25) is 0 Å². The van der Waals surface area contributed by atoms with Crippen molar-refractivity contribution in [1.82, 2.24) is 19.8 Å². The zero-order valence-electron chi connectivity index (χ0n) is 13.5. The van der Waals surface area contributed by atoms with Gasteiger partial charge in [-0.15, -0.1) is 0 Å². The number of rotatable bonds is 4. The molecule has 7 nitrogen and oxygen atoms in total. The molecule has 23 heavy (non-hydrogen) atoms. The highest BCUT2D eigenvalue weighted by atomic mass is 16.5. The highest BCUT2D eigenvalue weighted by Gasteiger charge is 2.32. The predicted molar refractivity (Wildman–Crippen MR) is 83.9 cm³/mol. The zero-order valence-corrected chi connectivity index (χ0v) is 13.5. The van der Waals surface area contributed by atoms with Crippen molar-refractivity contribution >= 4 is 11.8 Å². The molecule has 2 aliphatic rings. The van der Waals surface area contributed by atoms with Crippen molar-refractivity contribution in [2.45, 2.75) is 51.3 Å². The van der Waals surface area contributed by atoms with Crippen LogP contribution in [0.2, 0.25) is 0 Å². The van der Waals surface area contributed by atoms with Crippen molar-refractivity contribution < 1.29 is 14.3 Å². The SMILES string of the molecule is CCn1cncc1C(=O)N1CCOC(C(=O)NC2CCCC2)C1. The van der Waals surface area contributed by atoms with Crippen LogP contribution in [0.4, 0.5) is 0 Å². The zero-order chi connectivity index (χ0) is 16.2. The van der Waals surface area contributed by atoms with Crippen LogP contribution in [0.5, 0.6) is 0 Å². The molecule has 126 valence electrons. The minimum absolute atomic E-state index is 0.0914. The van der Waals surface area contributed by atoms with Gasteiger partial charge in [-0.25, -0.2) is 4.98 Å². The highest BCUT2D eigenvalue weighted by molar-refractivity contribution is 5.93. The van der Waals surface area contributed by atoms with E-state index < -0.39 is 6.10 Å². The Balaban J connectivity index is 1.61. The molecule has 1 unspecified atom stereocenters.